The topological polar surface area (TPSA) is 87.7 Å². The van der Waals surface area contributed by atoms with E-state index in [0.717, 1.165) is 42.4 Å². The van der Waals surface area contributed by atoms with Crippen LogP contribution in [0.1, 0.15) is 76.6 Å². The molecule has 0 aromatic heterocycles. The van der Waals surface area contributed by atoms with Crippen LogP contribution in [0, 0.1) is 6.92 Å². The van der Waals surface area contributed by atoms with E-state index in [0.29, 0.717) is 12.2 Å². The molecule has 1 atom stereocenters. The molecule has 7 nitrogen and oxygen atoms in total. The molecule has 0 aliphatic heterocycles. The minimum atomic E-state index is -0.847. The van der Waals surface area contributed by atoms with Gasteiger partial charge in [0.05, 0.1) is 0 Å². The van der Waals surface area contributed by atoms with Crippen molar-refractivity contribution in [3.8, 4) is 0 Å². The van der Waals surface area contributed by atoms with Crippen molar-refractivity contribution in [2.24, 2.45) is 0 Å². The van der Waals surface area contributed by atoms with E-state index in [4.69, 9.17) is 4.74 Å². The lowest BCUT2D eigenvalue weighted by molar-refractivity contribution is -0.138. The normalized spacial score (nSPS) is 11.9. The van der Waals surface area contributed by atoms with Crippen LogP contribution in [0.2, 0.25) is 0 Å². The lowest BCUT2D eigenvalue weighted by Crippen LogP contribution is -2.47. The van der Waals surface area contributed by atoms with Gasteiger partial charge in [-0.3, -0.25) is 9.59 Å². The van der Waals surface area contributed by atoms with E-state index in [2.05, 4.69) is 24.5 Å². The van der Waals surface area contributed by atoms with Gasteiger partial charge < -0.3 is 20.3 Å². The molecule has 0 spiro atoms. The van der Waals surface area contributed by atoms with Gasteiger partial charge in [-0.15, -0.1) is 0 Å². The fraction of sp³-hybridized carbons (Fsp3) is 0.483. The number of amides is 3. The number of aryl methyl sites for hydroxylation is 2. The summed E-state index contributed by atoms with van der Waals surface area (Å²) >= 11 is 0. The third kappa shape index (κ3) is 9.02. The summed E-state index contributed by atoms with van der Waals surface area (Å²) in [6.07, 6.45) is 2.85. The van der Waals surface area contributed by atoms with Crippen molar-refractivity contribution < 1.29 is 19.1 Å². The number of anilines is 1. The Balaban J connectivity index is 2.37. The molecule has 0 heterocycles. The minimum absolute atomic E-state index is 0.262. The molecule has 2 aromatic rings. The molecule has 7 heteroatoms. The second-order valence-corrected chi connectivity index (χ2v) is 9.95. The van der Waals surface area contributed by atoms with Crippen molar-refractivity contribution in [3.05, 3.63) is 65.2 Å². The van der Waals surface area contributed by atoms with Gasteiger partial charge in [0.15, 0.2) is 0 Å². The Morgan fingerprint density at radius 2 is 1.64 bits per heavy atom. The van der Waals surface area contributed by atoms with Crippen molar-refractivity contribution >= 4 is 23.6 Å². The fourth-order valence-corrected chi connectivity index (χ4v) is 3.82. The summed E-state index contributed by atoms with van der Waals surface area (Å²) in [5, 5.41) is 5.56. The Labute approximate surface area is 215 Å². The van der Waals surface area contributed by atoms with Crippen LogP contribution in [0.15, 0.2) is 48.5 Å². The molecule has 0 saturated carbocycles. The quantitative estimate of drug-likeness (QED) is 0.387. The first-order valence-corrected chi connectivity index (χ1v) is 12.8. The zero-order chi connectivity index (χ0) is 26.7. The molecular formula is C29H41N3O4. The van der Waals surface area contributed by atoms with Crippen LogP contribution in [0.4, 0.5) is 10.5 Å². The Kier molecular flexibility index (Phi) is 11.0. The monoisotopic (exact) mass is 495 g/mol. The average molecular weight is 496 g/mol. The standard InChI is InChI=1S/C29H41N3O4/c1-7-9-12-19-32(25(33)20-30-28(35)36-29(4,5)6)26(23-17-15-22(8-2)16-18-23)27(34)31-24-14-11-10-13-21(24)3/h10-11,13-18,26H,7-9,12,19-20H2,1-6H3,(H,30,35)(H,31,34). The number of nitrogens with one attached hydrogen (secondary N) is 2. The van der Waals surface area contributed by atoms with Crippen LogP contribution in [0.5, 0.6) is 0 Å². The van der Waals surface area contributed by atoms with Gasteiger partial charge in [-0.2, -0.15) is 0 Å². The largest absolute Gasteiger partial charge is 0.444 e. The smallest absolute Gasteiger partial charge is 0.408 e. The number of nitrogens with zero attached hydrogens (tertiary/aromatic N) is 1. The van der Waals surface area contributed by atoms with Crippen LogP contribution in [0.3, 0.4) is 0 Å². The predicted molar refractivity (Wildman–Crippen MR) is 144 cm³/mol. The molecule has 2 N–H and O–H groups in total. The van der Waals surface area contributed by atoms with Gasteiger partial charge in [-0.1, -0.05) is 69.2 Å². The lowest BCUT2D eigenvalue weighted by atomic mass is 10.0. The summed E-state index contributed by atoms with van der Waals surface area (Å²) in [5.74, 6) is -0.642. The zero-order valence-electron chi connectivity index (χ0n) is 22.5. The molecule has 0 fully saturated rings. The van der Waals surface area contributed by atoms with Crippen LogP contribution in [0.25, 0.3) is 0 Å². The summed E-state index contributed by atoms with van der Waals surface area (Å²) in [6, 6.07) is 14.5. The fourth-order valence-electron chi connectivity index (χ4n) is 3.82. The van der Waals surface area contributed by atoms with E-state index in [1.165, 1.54) is 0 Å². The van der Waals surface area contributed by atoms with Gasteiger partial charge in [-0.25, -0.2) is 4.79 Å². The number of carbonyl (C=O) groups is 3. The lowest BCUT2D eigenvalue weighted by Gasteiger charge is -2.32. The number of ether oxygens (including phenoxy) is 1. The highest BCUT2D eigenvalue weighted by atomic mass is 16.6. The molecule has 2 rings (SSSR count). The van der Waals surface area contributed by atoms with E-state index >= 15 is 0 Å². The highest BCUT2D eigenvalue weighted by Crippen LogP contribution is 2.26. The number of para-hydroxylation sites is 1. The SMILES string of the molecule is CCCCCN(C(=O)CNC(=O)OC(C)(C)C)C(C(=O)Nc1ccccc1C)c1ccc(CC)cc1. The first-order valence-electron chi connectivity index (χ1n) is 12.8. The van der Waals surface area contributed by atoms with Crippen molar-refractivity contribution in [1.29, 1.82) is 0 Å². The average Bonchev–Trinajstić information content (AvgIpc) is 2.82. The van der Waals surface area contributed by atoms with Gasteiger partial charge in [0.2, 0.25) is 5.91 Å². The summed E-state index contributed by atoms with van der Waals surface area (Å²) in [6.45, 7) is 11.5. The van der Waals surface area contributed by atoms with Crippen LogP contribution in [-0.2, 0) is 20.7 Å². The predicted octanol–water partition coefficient (Wildman–Crippen LogP) is 5.78. The van der Waals surface area contributed by atoms with Gasteiger partial charge in [0, 0.05) is 12.2 Å². The summed E-state index contributed by atoms with van der Waals surface area (Å²) in [4.78, 5) is 40.9. The van der Waals surface area contributed by atoms with Gasteiger partial charge >= 0.3 is 6.09 Å². The molecule has 0 aliphatic rings. The molecular weight excluding hydrogens is 454 g/mol. The highest BCUT2D eigenvalue weighted by Gasteiger charge is 2.32. The van der Waals surface area contributed by atoms with E-state index < -0.39 is 17.7 Å². The molecule has 0 aliphatic carbocycles. The van der Waals surface area contributed by atoms with Gasteiger partial charge in [0.1, 0.15) is 18.2 Å². The number of unbranched alkanes of at least 4 members (excludes halogenated alkanes) is 2. The third-order valence-electron chi connectivity index (χ3n) is 5.77. The molecule has 1 unspecified atom stereocenters. The van der Waals surface area contributed by atoms with Crippen LogP contribution in [-0.4, -0.2) is 41.5 Å². The molecule has 196 valence electrons. The van der Waals surface area contributed by atoms with E-state index in [1.54, 1.807) is 25.7 Å². The summed E-state index contributed by atoms with van der Waals surface area (Å²) < 4.78 is 5.28. The Bertz CT molecular complexity index is 1010. The van der Waals surface area contributed by atoms with Gasteiger partial charge in [-0.05, 0) is 63.3 Å². The maximum atomic E-state index is 13.7. The summed E-state index contributed by atoms with van der Waals surface area (Å²) in [7, 11) is 0. The zero-order valence-corrected chi connectivity index (χ0v) is 22.5. The molecule has 0 radical (unpaired) electrons. The first kappa shape index (κ1) is 28.9. The Morgan fingerprint density at radius 3 is 2.22 bits per heavy atom. The van der Waals surface area contributed by atoms with Crippen molar-refractivity contribution in [2.45, 2.75) is 78.9 Å². The summed E-state index contributed by atoms with van der Waals surface area (Å²) in [5.41, 5.74) is 2.82. The molecule has 36 heavy (non-hydrogen) atoms. The molecule has 3 amide bonds. The van der Waals surface area contributed by atoms with Crippen molar-refractivity contribution in [2.75, 3.05) is 18.4 Å². The van der Waals surface area contributed by atoms with Crippen molar-refractivity contribution in [3.63, 3.8) is 0 Å². The number of hydrogen-bond acceptors (Lipinski definition) is 4. The molecule has 0 saturated heterocycles. The number of rotatable bonds is 11. The maximum absolute atomic E-state index is 13.7. The van der Waals surface area contributed by atoms with E-state index in [9.17, 15) is 14.4 Å². The molecule has 0 bridgehead atoms. The van der Waals surface area contributed by atoms with Crippen molar-refractivity contribution in [1.82, 2.24) is 10.2 Å². The second-order valence-electron chi connectivity index (χ2n) is 9.95. The van der Waals surface area contributed by atoms with Gasteiger partial charge in [0.25, 0.3) is 5.91 Å². The number of alkyl carbamates (subject to hydrolysis) is 1. The number of hydrogen-bond donors (Lipinski definition) is 2. The maximum Gasteiger partial charge on any atom is 0.408 e. The minimum Gasteiger partial charge on any atom is -0.444 e. The Hall–Kier alpha value is -3.35. The number of carbonyl (C=O) groups excluding carboxylic acids is 3. The highest BCUT2D eigenvalue weighted by molar-refractivity contribution is 5.98. The first-order chi connectivity index (χ1) is 17.1. The Morgan fingerprint density at radius 1 is 0.972 bits per heavy atom. The van der Waals surface area contributed by atoms with Crippen LogP contribution < -0.4 is 10.6 Å². The second kappa shape index (κ2) is 13.7. The third-order valence-corrected chi connectivity index (χ3v) is 5.77. The number of benzene rings is 2. The molecule has 2 aromatic carbocycles. The van der Waals surface area contributed by atoms with E-state index in [1.807, 2.05) is 55.5 Å². The van der Waals surface area contributed by atoms with Crippen LogP contribution >= 0.6 is 0 Å². The van der Waals surface area contributed by atoms with E-state index in [-0.39, 0.29) is 18.4 Å².